The highest BCUT2D eigenvalue weighted by Crippen LogP contribution is 2.34. The smallest absolute Gasteiger partial charge is 0.0587 e. The highest BCUT2D eigenvalue weighted by Gasteiger charge is 2.29. The van der Waals surface area contributed by atoms with E-state index < -0.39 is 0 Å². The maximum atomic E-state index is 4.27. The van der Waals surface area contributed by atoms with Crippen LogP contribution in [0.5, 0.6) is 0 Å². The summed E-state index contributed by atoms with van der Waals surface area (Å²) >= 11 is 0. The van der Waals surface area contributed by atoms with Crippen molar-refractivity contribution in [3.63, 3.8) is 0 Å². The fourth-order valence-electron chi connectivity index (χ4n) is 1.88. The molecular weight excluding hydrogens is 174 g/mol. The Balaban J connectivity index is 1.81. The number of nitrogens with zero attached hydrogens (tertiary/aromatic N) is 2. The van der Waals surface area contributed by atoms with Crippen LogP contribution >= 0.6 is 0 Å². The zero-order valence-electron chi connectivity index (χ0n) is 8.61. The van der Waals surface area contributed by atoms with Gasteiger partial charge in [0.25, 0.3) is 0 Å². The summed E-state index contributed by atoms with van der Waals surface area (Å²) in [7, 11) is 2.06. The summed E-state index contributed by atoms with van der Waals surface area (Å²) in [6, 6.07) is 0.678. The van der Waals surface area contributed by atoms with Gasteiger partial charge >= 0.3 is 0 Å². The van der Waals surface area contributed by atoms with Gasteiger partial charge < -0.3 is 5.32 Å². The molecule has 3 heteroatoms. The first-order valence-electron chi connectivity index (χ1n) is 5.32. The van der Waals surface area contributed by atoms with Gasteiger partial charge in [0.2, 0.25) is 0 Å². The van der Waals surface area contributed by atoms with E-state index in [1.165, 1.54) is 19.3 Å². The number of hydrogen-bond acceptors (Lipinski definition) is 3. The first-order valence-corrected chi connectivity index (χ1v) is 5.32. The highest BCUT2D eigenvalue weighted by atomic mass is 14.9. The highest BCUT2D eigenvalue weighted by molar-refractivity contribution is 4.96. The fourth-order valence-corrected chi connectivity index (χ4v) is 1.88. The van der Waals surface area contributed by atoms with Gasteiger partial charge in [-0.1, -0.05) is 0 Å². The molecular formula is C11H17N3. The van der Waals surface area contributed by atoms with E-state index in [-0.39, 0.29) is 0 Å². The molecule has 0 aromatic carbocycles. The van der Waals surface area contributed by atoms with E-state index in [4.69, 9.17) is 0 Å². The lowest BCUT2D eigenvalue weighted by Gasteiger charge is -2.14. The first kappa shape index (κ1) is 9.59. The van der Waals surface area contributed by atoms with Gasteiger partial charge in [-0.05, 0) is 38.6 Å². The third kappa shape index (κ3) is 2.51. The minimum atomic E-state index is 0.678. The van der Waals surface area contributed by atoms with E-state index in [9.17, 15) is 0 Å². The summed E-state index contributed by atoms with van der Waals surface area (Å²) in [5.74, 6) is 0.914. The summed E-state index contributed by atoms with van der Waals surface area (Å²) in [6.45, 7) is 0. The summed E-state index contributed by atoms with van der Waals surface area (Å²) in [6.07, 6.45) is 10.4. The van der Waals surface area contributed by atoms with Gasteiger partial charge in [0.05, 0.1) is 5.69 Å². The van der Waals surface area contributed by atoms with Crippen LogP contribution in [0, 0.1) is 5.92 Å². The average molecular weight is 191 g/mol. The van der Waals surface area contributed by atoms with Gasteiger partial charge in [-0.3, -0.25) is 9.97 Å². The van der Waals surface area contributed by atoms with Crippen LogP contribution in [0.25, 0.3) is 0 Å². The molecule has 1 aliphatic rings. The van der Waals surface area contributed by atoms with Crippen molar-refractivity contribution < 1.29 is 0 Å². The number of rotatable bonds is 5. The van der Waals surface area contributed by atoms with Crippen LogP contribution < -0.4 is 5.32 Å². The van der Waals surface area contributed by atoms with Gasteiger partial charge in [0.15, 0.2) is 0 Å². The van der Waals surface area contributed by atoms with Crippen molar-refractivity contribution in [1.82, 2.24) is 15.3 Å². The van der Waals surface area contributed by atoms with Crippen LogP contribution in [0.2, 0.25) is 0 Å². The lowest BCUT2D eigenvalue weighted by atomic mass is 10.1. The topological polar surface area (TPSA) is 37.8 Å². The Kier molecular flexibility index (Phi) is 3.09. The average Bonchev–Trinajstić information content (AvgIpc) is 3.05. The number of hydrogen-bond donors (Lipinski definition) is 1. The van der Waals surface area contributed by atoms with Gasteiger partial charge in [0, 0.05) is 24.6 Å². The van der Waals surface area contributed by atoms with Crippen molar-refractivity contribution in [3.05, 3.63) is 24.3 Å². The van der Waals surface area contributed by atoms with Crippen LogP contribution in [-0.4, -0.2) is 23.1 Å². The van der Waals surface area contributed by atoms with Crippen molar-refractivity contribution in [2.75, 3.05) is 7.05 Å². The second-order valence-electron chi connectivity index (χ2n) is 3.97. The van der Waals surface area contributed by atoms with Gasteiger partial charge in [-0.2, -0.15) is 0 Å². The molecule has 0 amide bonds. The van der Waals surface area contributed by atoms with E-state index in [2.05, 4.69) is 22.3 Å². The largest absolute Gasteiger partial charge is 0.317 e. The molecule has 1 atom stereocenters. The molecule has 1 fully saturated rings. The molecule has 14 heavy (non-hydrogen) atoms. The molecule has 1 aliphatic carbocycles. The van der Waals surface area contributed by atoms with E-state index in [1.54, 1.807) is 12.4 Å². The van der Waals surface area contributed by atoms with E-state index in [0.29, 0.717) is 6.04 Å². The van der Waals surface area contributed by atoms with Crippen molar-refractivity contribution in [3.8, 4) is 0 Å². The predicted octanol–water partition coefficient (Wildman–Crippen LogP) is 1.41. The molecule has 0 bridgehead atoms. The zero-order chi connectivity index (χ0) is 9.80. The summed E-state index contributed by atoms with van der Waals surface area (Å²) in [4.78, 5) is 8.34. The second kappa shape index (κ2) is 4.51. The Morgan fingerprint density at radius 1 is 1.50 bits per heavy atom. The lowest BCUT2D eigenvalue weighted by molar-refractivity contribution is 0.468. The molecule has 0 radical (unpaired) electrons. The zero-order valence-corrected chi connectivity index (χ0v) is 8.61. The number of nitrogens with one attached hydrogen (secondary N) is 1. The Bertz CT molecular complexity index is 269. The van der Waals surface area contributed by atoms with Crippen LogP contribution in [0.4, 0.5) is 0 Å². The SMILES string of the molecule is CNC(CCc1cnccn1)C1CC1. The van der Waals surface area contributed by atoms with Crippen LogP contribution in [0.1, 0.15) is 25.0 Å². The van der Waals surface area contributed by atoms with E-state index >= 15 is 0 Å². The molecule has 1 N–H and O–H groups in total. The molecule has 0 spiro atoms. The third-order valence-electron chi connectivity index (χ3n) is 2.89. The van der Waals surface area contributed by atoms with Gasteiger partial charge in [-0.15, -0.1) is 0 Å². The summed E-state index contributed by atoms with van der Waals surface area (Å²) in [5, 5.41) is 3.39. The van der Waals surface area contributed by atoms with Crippen molar-refractivity contribution in [2.24, 2.45) is 5.92 Å². The van der Waals surface area contributed by atoms with Crippen LogP contribution in [0.3, 0.4) is 0 Å². The number of aromatic nitrogens is 2. The Hall–Kier alpha value is -0.960. The maximum Gasteiger partial charge on any atom is 0.0587 e. The van der Waals surface area contributed by atoms with E-state index in [1.807, 2.05) is 6.20 Å². The minimum Gasteiger partial charge on any atom is -0.317 e. The Morgan fingerprint density at radius 3 is 2.93 bits per heavy atom. The van der Waals surface area contributed by atoms with Crippen LogP contribution in [-0.2, 0) is 6.42 Å². The Morgan fingerprint density at radius 2 is 2.36 bits per heavy atom. The molecule has 1 unspecified atom stereocenters. The molecule has 0 aliphatic heterocycles. The fraction of sp³-hybridized carbons (Fsp3) is 0.636. The first-order chi connectivity index (χ1) is 6.90. The van der Waals surface area contributed by atoms with Crippen LogP contribution in [0.15, 0.2) is 18.6 Å². The third-order valence-corrected chi connectivity index (χ3v) is 2.89. The minimum absolute atomic E-state index is 0.678. The summed E-state index contributed by atoms with van der Waals surface area (Å²) in [5.41, 5.74) is 1.11. The predicted molar refractivity (Wildman–Crippen MR) is 55.9 cm³/mol. The van der Waals surface area contributed by atoms with Crippen molar-refractivity contribution >= 4 is 0 Å². The Labute approximate surface area is 85.0 Å². The second-order valence-corrected chi connectivity index (χ2v) is 3.97. The molecule has 76 valence electrons. The molecule has 3 nitrogen and oxygen atoms in total. The monoisotopic (exact) mass is 191 g/mol. The summed E-state index contributed by atoms with van der Waals surface area (Å²) < 4.78 is 0. The van der Waals surface area contributed by atoms with Gasteiger partial charge in [-0.25, -0.2) is 0 Å². The lowest BCUT2D eigenvalue weighted by Crippen LogP contribution is -2.27. The maximum absolute atomic E-state index is 4.27. The molecule has 1 aromatic heterocycles. The number of aryl methyl sites for hydroxylation is 1. The molecule has 1 saturated carbocycles. The molecule has 0 saturated heterocycles. The quantitative estimate of drug-likeness (QED) is 0.764. The molecule has 1 heterocycles. The van der Waals surface area contributed by atoms with Gasteiger partial charge in [0.1, 0.15) is 0 Å². The molecule has 2 rings (SSSR count). The normalized spacial score (nSPS) is 18.1. The molecule has 1 aromatic rings. The van der Waals surface area contributed by atoms with Crippen molar-refractivity contribution in [2.45, 2.75) is 31.7 Å². The standard InChI is InChI=1S/C11H17N3/c1-12-11(9-2-3-9)5-4-10-8-13-6-7-14-10/h6-9,11-12H,2-5H2,1H3. The van der Waals surface area contributed by atoms with Crippen molar-refractivity contribution in [1.29, 1.82) is 0 Å². The van der Waals surface area contributed by atoms with E-state index in [0.717, 1.165) is 18.0 Å².